The van der Waals surface area contributed by atoms with Gasteiger partial charge in [-0.2, -0.15) is 5.10 Å². The van der Waals surface area contributed by atoms with Crippen LogP contribution in [-0.4, -0.2) is 20.9 Å². The highest BCUT2D eigenvalue weighted by molar-refractivity contribution is 9.09. The molecule has 0 saturated carbocycles. The van der Waals surface area contributed by atoms with Crippen LogP contribution in [-0.2, 0) is 0 Å². The summed E-state index contributed by atoms with van der Waals surface area (Å²) in [6, 6.07) is 9.82. The molecule has 1 aromatic heterocycles. The number of para-hydroxylation sites is 1. The van der Waals surface area contributed by atoms with E-state index in [-0.39, 0.29) is 5.78 Å². The molecule has 1 aromatic carbocycles. The van der Waals surface area contributed by atoms with Crippen LogP contribution in [0.5, 0.6) is 0 Å². The van der Waals surface area contributed by atoms with Crippen molar-refractivity contribution < 1.29 is 4.79 Å². The fraction of sp³-hybridized carbons (Fsp3) is 0.231. The Morgan fingerprint density at radius 1 is 1.29 bits per heavy atom. The Morgan fingerprint density at radius 3 is 2.53 bits per heavy atom. The molecular weight excluding hydrogens is 280 g/mol. The zero-order valence-electron chi connectivity index (χ0n) is 9.77. The van der Waals surface area contributed by atoms with E-state index < -0.39 is 0 Å². The predicted molar refractivity (Wildman–Crippen MR) is 71.2 cm³/mol. The first-order chi connectivity index (χ1) is 8.15. The Kier molecular flexibility index (Phi) is 3.43. The summed E-state index contributed by atoms with van der Waals surface area (Å²) in [6.07, 6.45) is 0. The van der Waals surface area contributed by atoms with E-state index in [0.717, 1.165) is 17.1 Å². The molecule has 0 unspecified atom stereocenters. The van der Waals surface area contributed by atoms with Crippen LogP contribution in [0.1, 0.15) is 21.7 Å². The topological polar surface area (TPSA) is 34.9 Å². The maximum atomic E-state index is 11.8. The molecule has 2 rings (SSSR count). The number of hydrogen-bond acceptors (Lipinski definition) is 2. The maximum Gasteiger partial charge on any atom is 0.177 e. The molecule has 0 aliphatic carbocycles. The molecule has 4 heteroatoms. The molecule has 3 nitrogen and oxygen atoms in total. The van der Waals surface area contributed by atoms with E-state index >= 15 is 0 Å². The van der Waals surface area contributed by atoms with Crippen molar-refractivity contribution in [3.8, 4) is 5.69 Å². The Balaban J connectivity index is 2.56. The average molecular weight is 293 g/mol. The molecule has 0 bridgehead atoms. The summed E-state index contributed by atoms with van der Waals surface area (Å²) in [7, 11) is 0. The van der Waals surface area contributed by atoms with Gasteiger partial charge in [0.1, 0.15) is 0 Å². The van der Waals surface area contributed by atoms with Gasteiger partial charge in [-0.3, -0.25) is 4.79 Å². The molecular formula is C13H13BrN2O. The number of aromatic nitrogens is 2. The first-order valence-electron chi connectivity index (χ1n) is 5.36. The lowest BCUT2D eigenvalue weighted by molar-refractivity contribution is 0.102. The van der Waals surface area contributed by atoms with Gasteiger partial charge in [-0.05, 0) is 26.0 Å². The molecule has 17 heavy (non-hydrogen) atoms. The van der Waals surface area contributed by atoms with Gasteiger partial charge in [-0.25, -0.2) is 4.68 Å². The lowest BCUT2D eigenvalue weighted by Gasteiger charge is -2.04. The summed E-state index contributed by atoms with van der Waals surface area (Å²) in [6.45, 7) is 3.78. The van der Waals surface area contributed by atoms with Crippen molar-refractivity contribution >= 4 is 21.7 Å². The van der Waals surface area contributed by atoms with Gasteiger partial charge in [0.25, 0.3) is 0 Å². The number of alkyl halides is 1. The van der Waals surface area contributed by atoms with Gasteiger partial charge in [-0.15, -0.1) is 0 Å². The van der Waals surface area contributed by atoms with Gasteiger partial charge in [0, 0.05) is 0 Å². The quantitative estimate of drug-likeness (QED) is 0.644. The summed E-state index contributed by atoms with van der Waals surface area (Å²) >= 11 is 3.20. The van der Waals surface area contributed by atoms with Gasteiger partial charge in [-0.1, -0.05) is 34.1 Å². The van der Waals surface area contributed by atoms with E-state index in [1.807, 2.05) is 48.9 Å². The average Bonchev–Trinajstić information content (AvgIpc) is 2.65. The van der Waals surface area contributed by atoms with Crippen LogP contribution in [0.2, 0.25) is 0 Å². The molecule has 2 aromatic rings. The van der Waals surface area contributed by atoms with E-state index in [9.17, 15) is 4.79 Å². The first kappa shape index (κ1) is 12.0. The van der Waals surface area contributed by atoms with Crippen LogP contribution in [0.3, 0.4) is 0 Å². The largest absolute Gasteiger partial charge is 0.293 e. The third kappa shape index (κ3) is 2.17. The third-order valence-electron chi connectivity index (χ3n) is 2.69. The van der Waals surface area contributed by atoms with E-state index in [2.05, 4.69) is 21.0 Å². The summed E-state index contributed by atoms with van der Waals surface area (Å²) < 4.78 is 1.81. The predicted octanol–water partition coefficient (Wildman–Crippen LogP) is 3.07. The SMILES string of the molecule is Cc1nn(-c2ccccc2)c(C)c1C(=O)CBr. The standard InChI is InChI=1S/C13H13BrN2O/c1-9-13(12(17)8-14)10(2)16(15-9)11-6-4-3-5-7-11/h3-7H,8H2,1-2H3. The molecule has 0 atom stereocenters. The lowest BCUT2D eigenvalue weighted by atomic mass is 10.1. The van der Waals surface area contributed by atoms with Crippen LogP contribution < -0.4 is 0 Å². The molecule has 0 N–H and O–H groups in total. The van der Waals surface area contributed by atoms with Gasteiger partial charge in [0.05, 0.1) is 28.0 Å². The second-order valence-electron chi connectivity index (χ2n) is 3.85. The molecule has 0 aliphatic heterocycles. The Labute approximate surface area is 109 Å². The van der Waals surface area contributed by atoms with Crippen LogP contribution in [0.4, 0.5) is 0 Å². The molecule has 1 heterocycles. The molecule has 0 radical (unpaired) electrons. The minimum Gasteiger partial charge on any atom is -0.293 e. The van der Waals surface area contributed by atoms with Crippen molar-refractivity contribution in [2.24, 2.45) is 0 Å². The number of benzene rings is 1. The third-order valence-corrected chi connectivity index (χ3v) is 3.20. The molecule has 88 valence electrons. The fourth-order valence-corrected chi connectivity index (χ4v) is 2.21. The molecule has 0 fully saturated rings. The highest BCUT2D eigenvalue weighted by Crippen LogP contribution is 2.18. The normalized spacial score (nSPS) is 10.5. The monoisotopic (exact) mass is 292 g/mol. The second kappa shape index (κ2) is 4.84. The molecule has 0 spiro atoms. The van der Waals surface area contributed by atoms with Gasteiger partial charge < -0.3 is 0 Å². The van der Waals surface area contributed by atoms with E-state index in [4.69, 9.17) is 0 Å². The number of aryl methyl sites for hydroxylation is 1. The Hall–Kier alpha value is -1.42. The maximum absolute atomic E-state index is 11.8. The number of hydrogen-bond donors (Lipinski definition) is 0. The summed E-state index contributed by atoms with van der Waals surface area (Å²) in [5.74, 6) is 0.0715. The summed E-state index contributed by atoms with van der Waals surface area (Å²) in [5.41, 5.74) is 3.35. The van der Waals surface area contributed by atoms with Crippen LogP contribution in [0.15, 0.2) is 30.3 Å². The molecule has 0 aliphatic rings. The van der Waals surface area contributed by atoms with Gasteiger partial charge in [0.15, 0.2) is 5.78 Å². The zero-order chi connectivity index (χ0) is 12.4. The smallest absolute Gasteiger partial charge is 0.177 e. The number of rotatable bonds is 3. The Morgan fingerprint density at radius 2 is 1.94 bits per heavy atom. The number of Topliss-reactive ketones (excluding diaryl/α,β-unsaturated/α-hetero) is 1. The number of carbonyl (C=O) groups excluding carboxylic acids is 1. The zero-order valence-corrected chi connectivity index (χ0v) is 11.4. The highest BCUT2D eigenvalue weighted by Gasteiger charge is 2.17. The van der Waals surface area contributed by atoms with Crippen molar-refractivity contribution in [2.45, 2.75) is 13.8 Å². The highest BCUT2D eigenvalue weighted by atomic mass is 79.9. The minimum atomic E-state index is 0.0715. The summed E-state index contributed by atoms with van der Waals surface area (Å²) in [5, 5.41) is 4.75. The van der Waals surface area contributed by atoms with Gasteiger partial charge in [0.2, 0.25) is 0 Å². The number of carbonyl (C=O) groups is 1. The molecule has 0 amide bonds. The fourth-order valence-electron chi connectivity index (χ4n) is 1.93. The molecule has 0 saturated heterocycles. The van der Waals surface area contributed by atoms with Crippen LogP contribution in [0, 0.1) is 13.8 Å². The number of nitrogens with zero attached hydrogens (tertiary/aromatic N) is 2. The number of halogens is 1. The summed E-state index contributed by atoms with van der Waals surface area (Å²) in [4.78, 5) is 11.8. The minimum absolute atomic E-state index is 0.0715. The number of ketones is 1. The van der Waals surface area contributed by atoms with E-state index in [0.29, 0.717) is 10.9 Å². The second-order valence-corrected chi connectivity index (χ2v) is 4.41. The van der Waals surface area contributed by atoms with Crippen molar-refractivity contribution in [1.29, 1.82) is 0 Å². The first-order valence-corrected chi connectivity index (χ1v) is 6.48. The van der Waals surface area contributed by atoms with Crippen molar-refractivity contribution in [3.63, 3.8) is 0 Å². The van der Waals surface area contributed by atoms with Crippen molar-refractivity contribution in [1.82, 2.24) is 9.78 Å². The van der Waals surface area contributed by atoms with E-state index in [1.54, 1.807) is 0 Å². The Bertz CT molecular complexity index is 546. The van der Waals surface area contributed by atoms with Crippen LogP contribution in [0.25, 0.3) is 5.69 Å². The van der Waals surface area contributed by atoms with E-state index in [1.165, 1.54) is 0 Å². The van der Waals surface area contributed by atoms with Crippen molar-refractivity contribution in [3.05, 3.63) is 47.3 Å². The van der Waals surface area contributed by atoms with Crippen LogP contribution >= 0.6 is 15.9 Å². The van der Waals surface area contributed by atoms with Gasteiger partial charge >= 0.3 is 0 Å². The lowest BCUT2D eigenvalue weighted by Crippen LogP contribution is -2.04. The van der Waals surface area contributed by atoms with Crippen molar-refractivity contribution in [2.75, 3.05) is 5.33 Å².